The molecule has 1 aromatic carbocycles. The number of nitriles is 1. The first-order valence-electron chi connectivity index (χ1n) is 9.70. The molecule has 0 bridgehead atoms. The van der Waals surface area contributed by atoms with Gasteiger partial charge < -0.3 is 15.4 Å². The van der Waals surface area contributed by atoms with Gasteiger partial charge in [0.2, 0.25) is 5.91 Å². The lowest BCUT2D eigenvalue weighted by atomic mass is 9.88. The van der Waals surface area contributed by atoms with E-state index in [4.69, 9.17) is 4.74 Å². The van der Waals surface area contributed by atoms with Crippen LogP contribution in [0.2, 0.25) is 0 Å². The zero-order chi connectivity index (χ0) is 21.3. The number of fused-ring (bicyclic) bond motifs is 1. The molecule has 0 saturated carbocycles. The first-order chi connectivity index (χ1) is 14.5. The van der Waals surface area contributed by atoms with Crippen molar-refractivity contribution >= 4 is 17.4 Å². The highest BCUT2D eigenvalue weighted by atomic mass is 16.5. The number of hydrazine groups is 1. The summed E-state index contributed by atoms with van der Waals surface area (Å²) in [6, 6.07) is 11.0. The van der Waals surface area contributed by atoms with Crippen LogP contribution in [0.5, 0.6) is 5.75 Å². The van der Waals surface area contributed by atoms with Gasteiger partial charge in [-0.15, -0.1) is 5.10 Å². The molecule has 10 nitrogen and oxygen atoms in total. The van der Waals surface area contributed by atoms with E-state index in [1.54, 1.807) is 19.2 Å². The van der Waals surface area contributed by atoms with Crippen LogP contribution in [0.15, 0.2) is 30.3 Å². The molecule has 0 radical (unpaired) electrons. The number of piperidine rings is 1. The van der Waals surface area contributed by atoms with Crippen molar-refractivity contribution in [3.8, 4) is 11.8 Å². The molecule has 0 aliphatic carbocycles. The number of amides is 1. The number of ether oxygens (including phenoxy) is 1. The second-order valence-corrected chi connectivity index (χ2v) is 7.44. The van der Waals surface area contributed by atoms with Gasteiger partial charge in [0, 0.05) is 19.5 Å². The molecule has 1 aromatic heterocycles. The van der Waals surface area contributed by atoms with E-state index in [0.29, 0.717) is 29.2 Å². The van der Waals surface area contributed by atoms with Crippen molar-refractivity contribution in [2.24, 2.45) is 5.92 Å². The molecule has 2 saturated heterocycles. The first-order valence-corrected chi connectivity index (χ1v) is 9.70. The van der Waals surface area contributed by atoms with E-state index in [1.165, 1.54) is 12.1 Å². The Hall–Kier alpha value is -3.42. The van der Waals surface area contributed by atoms with Crippen molar-refractivity contribution in [2.45, 2.75) is 31.7 Å². The summed E-state index contributed by atoms with van der Waals surface area (Å²) in [6.45, 7) is 1.88. The average molecular weight is 408 g/mol. The van der Waals surface area contributed by atoms with Crippen molar-refractivity contribution < 1.29 is 9.53 Å². The fraction of sp³-hybridized carbons (Fsp3) is 0.400. The zero-order valence-electron chi connectivity index (χ0n) is 17.0. The minimum atomic E-state index is -0.326. The van der Waals surface area contributed by atoms with Crippen LogP contribution in [0.25, 0.3) is 0 Å². The third-order valence-corrected chi connectivity index (χ3v) is 5.41. The van der Waals surface area contributed by atoms with E-state index < -0.39 is 0 Å². The highest BCUT2D eigenvalue weighted by Crippen LogP contribution is 2.33. The van der Waals surface area contributed by atoms with Gasteiger partial charge in [0.15, 0.2) is 5.75 Å². The number of hydrogen-bond donors (Lipinski definition) is 4. The summed E-state index contributed by atoms with van der Waals surface area (Å²) >= 11 is 0. The standard InChI is InChI=1S/C20H24N8O2/c1-11-7-8-15(26-25-11)23-16-9-14(17-19(24-16)27-28(2)20(17)29)22-13-6-4-5-12(10-21)18(13)30-3/h4-8,14,16-17,19,22,24,27H,9H2,1-3H3,(H,23,26). The summed E-state index contributed by atoms with van der Waals surface area (Å²) in [5.74, 6) is 0.786. The minimum Gasteiger partial charge on any atom is -0.493 e. The van der Waals surface area contributed by atoms with Gasteiger partial charge >= 0.3 is 0 Å². The van der Waals surface area contributed by atoms with E-state index in [9.17, 15) is 10.1 Å². The third-order valence-electron chi connectivity index (χ3n) is 5.41. The largest absolute Gasteiger partial charge is 0.493 e. The molecule has 2 aromatic rings. The predicted octanol–water partition coefficient (Wildman–Crippen LogP) is 0.796. The molecular formula is C20H24N8O2. The van der Waals surface area contributed by atoms with Crippen molar-refractivity contribution in [3.05, 3.63) is 41.6 Å². The van der Waals surface area contributed by atoms with Crippen LogP contribution in [0.4, 0.5) is 11.5 Å². The topological polar surface area (TPSA) is 127 Å². The molecule has 4 rings (SSSR count). The maximum absolute atomic E-state index is 12.8. The molecule has 10 heteroatoms. The smallest absolute Gasteiger partial charge is 0.244 e. The number of rotatable bonds is 5. The lowest BCUT2D eigenvalue weighted by Gasteiger charge is -2.38. The zero-order valence-corrected chi connectivity index (χ0v) is 17.0. The SMILES string of the molecule is COc1c(C#N)cccc1NC1CC(Nc2ccc(C)nn2)NC2NN(C)C(=O)C12. The quantitative estimate of drug-likeness (QED) is 0.568. The molecule has 3 heterocycles. The van der Waals surface area contributed by atoms with Gasteiger partial charge in [0.25, 0.3) is 0 Å². The van der Waals surface area contributed by atoms with Crippen LogP contribution in [0.3, 0.4) is 0 Å². The van der Waals surface area contributed by atoms with Gasteiger partial charge in [0.05, 0.1) is 42.3 Å². The predicted molar refractivity (Wildman–Crippen MR) is 110 cm³/mol. The lowest BCUT2D eigenvalue weighted by Crippen LogP contribution is -2.60. The number of carbonyl (C=O) groups excluding carboxylic acids is 1. The molecule has 4 N–H and O–H groups in total. The minimum absolute atomic E-state index is 0.00557. The second-order valence-electron chi connectivity index (χ2n) is 7.44. The highest BCUT2D eigenvalue weighted by Gasteiger charge is 2.48. The van der Waals surface area contributed by atoms with E-state index in [0.717, 1.165) is 5.69 Å². The lowest BCUT2D eigenvalue weighted by molar-refractivity contribution is -0.131. The molecule has 156 valence electrons. The summed E-state index contributed by atoms with van der Waals surface area (Å²) in [5.41, 5.74) is 5.12. The summed E-state index contributed by atoms with van der Waals surface area (Å²) in [7, 11) is 3.24. The molecular weight excluding hydrogens is 384 g/mol. The Morgan fingerprint density at radius 3 is 2.80 bits per heavy atom. The average Bonchev–Trinajstić information content (AvgIpc) is 3.03. The summed E-state index contributed by atoms with van der Waals surface area (Å²) in [5, 5.41) is 29.3. The number of aromatic nitrogens is 2. The Morgan fingerprint density at radius 1 is 1.27 bits per heavy atom. The van der Waals surface area contributed by atoms with Gasteiger partial charge in [-0.1, -0.05) is 6.07 Å². The molecule has 4 unspecified atom stereocenters. The molecule has 0 spiro atoms. The molecule has 1 amide bonds. The number of nitrogens with zero attached hydrogens (tertiary/aromatic N) is 4. The fourth-order valence-electron chi connectivity index (χ4n) is 4.01. The van der Waals surface area contributed by atoms with Gasteiger partial charge in [-0.3, -0.25) is 15.1 Å². The van der Waals surface area contributed by atoms with Gasteiger partial charge in [0.1, 0.15) is 11.9 Å². The third kappa shape index (κ3) is 3.72. The van der Waals surface area contributed by atoms with E-state index in [-0.39, 0.29) is 30.2 Å². The van der Waals surface area contributed by atoms with Crippen molar-refractivity contribution in [1.29, 1.82) is 5.26 Å². The fourth-order valence-corrected chi connectivity index (χ4v) is 4.01. The van der Waals surface area contributed by atoms with Gasteiger partial charge in [-0.2, -0.15) is 10.4 Å². The Bertz CT molecular complexity index is 974. The number of nitrogens with one attached hydrogen (secondary N) is 4. The Balaban J connectivity index is 1.60. The monoisotopic (exact) mass is 408 g/mol. The van der Waals surface area contributed by atoms with Crippen molar-refractivity contribution in [1.82, 2.24) is 25.9 Å². The van der Waals surface area contributed by atoms with Crippen LogP contribution in [0, 0.1) is 24.2 Å². The Labute approximate surface area is 174 Å². The number of hydrogen-bond acceptors (Lipinski definition) is 9. The highest BCUT2D eigenvalue weighted by molar-refractivity contribution is 5.82. The summed E-state index contributed by atoms with van der Waals surface area (Å²) in [4.78, 5) is 12.8. The number of para-hydroxylation sites is 1. The van der Waals surface area contributed by atoms with E-state index in [2.05, 4.69) is 37.6 Å². The Kier molecular flexibility index (Phi) is 5.39. The van der Waals surface area contributed by atoms with Gasteiger partial charge in [-0.25, -0.2) is 5.43 Å². The number of anilines is 2. The summed E-state index contributed by atoms with van der Waals surface area (Å²) in [6.07, 6.45) is 0.185. The van der Waals surface area contributed by atoms with Crippen LogP contribution >= 0.6 is 0 Å². The molecule has 2 fully saturated rings. The normalized spacial score (nSPS) is 25.4. The van der Waals surface area contributed by atoms with E-state index in [1.807, 2.05) is 25.1 Å². The number of benzene rings is 1. The van der Waals surface area contributed by atoms with Gasteiger partial charge in [-0.05, 0) is 31.2 Å². The maximum Gasteiger partial charge on any atom is 0.244 e. The van der Waals surface area contributed by atoms with Crippen molar-refractivity contribution in [3.63, 3.8) is 0 Å². The van der Waals surface area contributed by atoms with Crippen LogP contribution < -0.4 is 26.1 Å². The van der Waals surface area contributed by atoms with Crippen LogP contribution in [0.1, 0.15) is 17.7 Å². The maximum atomic E-state index is 12.8. The number of carbonyl (C=O) groups is 1. The first kappa shape index (κ1) is 19.9. The molecule has 2 aliphatic heterocycles. The van der Waals surface area contributed by atoms with Crippen LogP contribution in [-0.2, 0) is 4.79 Å². The van der Waals surface area contributed by atoms with Crippen molar-refractivity contribution in [2.75, 3.05) is 24.8 Å². The number of aryl methyl sites for hydroxylation is 1. The second kappa shape index (κ2) is 8.14. The Morgan fingerprint density at radius 2 is 2.10 bits per heavy atom. The number of methoxy groups -OCH3 is 1. The molecule has 30 heavy (non-hydrogen) atoms. The molecule has 4 atom stereocenters. The van der Waals surface area contributed by atoms with Crippen LogP contribution in [-0.4, -0.2) is 53.6 Å². The summed E-state index contributed by atoms with van der Waals surface area (Å²) < 4.78 is 5.46. The van der Waals surface area contributed by atoms with E-state index >= 15 is 0 Å². The molecule has 2 aliphatic rings.